The third kappa shape index (κ3) is 3.74. The molecule has 0 N–H and O–H groups in total. The fraction of sp³-hybridized carbons (Fsp3) is 0.278. The second kappa shape index (κ2) is 6.60. The Balaban J connectivity index is 1.60. The van der Waals surface area contributed by atoms with E-state index in [1.165, 1.54) is 5.56 Å². The Hall–Kier alpha value is -2.69. The normalized spacial score (nSPS) is 10.9. The van der Waals surface area contributed by atoms with Gasteiger partial charge in [0.15, 0.2) is 11.5 Å². The number of amides is 1. The van der Waals surface area contributed by atoms with Gasteiger partial charge in [0.2, 0.25) is 5.91 Å². The zero-order valence-corrected chi connectivity index (χ0v) is 13.3. The number of carbonyl (C=O) groups is 1. The van der Waals surface area contributed by atoms with Crippen LogP contribution in [0.1, 0.15) is 17.0 Å². The Morgan fingerprint density at radius 3 is 2.74 bits per heavy atom. The first-order valence-electron chi connectivity index (χ1n) is 7.61. The first-order valence-corrected chi connectivity index (χ1v) is 7.61. The lowest BCUT2D eigenvalue weighted by molar-refractivity contribution is -0.129. The predicted octanol–water partition coefficient (Wildman–Crippen LogP) is 2.77. The van der Waals surface area contributed by atoms with E-state index < -0.39 is 0 Å². The quantitative estimate of drug-likeness (QED) is 0.727. The summed E-state index contributed by atoms with van der Waals surface area (Å²) in [5, 5.41) is 0. The van der Waals surface area contributed by atoms with Gasteiger partial charge < -0.3 is 9.32 Å². The van der Waals surface area contributed by atoms with E-state index >= 15 is 0 Å². The van der Waals surface area contributed by atoms with Crippen LogP contribution in [0.4, 0.5) is 0 Å². The summed E-state index contributed by atoms with van der Waals surface area (Å²) in [6.45, 7) is 2.51. The molecule has 0 saturated carbocycles. The Kier molecular flexibility index (Phi) is 4.37. The van der Waals surface area contributed by atoms with Crippen molar-refractivity contribution in [1.82, 2.24) is 14.9 Å². The van der Waals surface area contributed by atoms with Gasteiger partial charge in [-0.15, -0.1) is 0 Å². The minimum Gasteiger partial charge on any atom is -0.441 e. The van der Waals surface area contributed by atoms with Crippen LogP contribution in [0.15, 0.2) is 47.1 Å². The predicted molar refractivity (Wildman–Crippen MR) is 88.0 cm³/mol. The molecule has 0 aliphatic rings. The van der Waals surface area contributed by atoms with E-state index in [4.69, 9.17) is 4.42 Å². The molecule has 0 unspecified atom stereocenters. The van der Waals surface area contributed by atoms with E-state index in [9.17, 15) is 4.79 Å². The highest BCUT2D eigenvalue weighted by atomic mass is 16.3. The molecule has 5 heteroatoms. The first kappa shape index (κ1) is 15.2. The van der Waals surface area contributed by atoms with Crippen LogP contribution in [0.3, 0.4) is 0 Å². The van der Waals surface area contributed by atoms with Crippen LogP contribution in [-0.4, -0.2) is 34.4 Å². The van der Waals surface area contributed by atoms with Gasteiger partial charge in [-0.25, -0.2) is 4.98 Å². The third-order valence-electron chi connectivity index (χ3n) is 3.83. The van der Waals surface area contributed by atoms with Gasteiger partial charge in [0, 0.05) is 32.9 Å². The molecule has 0 fully saturated rings. The van der Waals surface area contributed by atoms with Gasteiger partial charge in [0.05, 0.1) is 6.42 Å². The summed E-state index contributed by atoms with van der Waals surface area (Å²) in [7, 11) is 1.84. The number of rotatable bonds is 5. The molecule has 0 aliphatic heterocycles. The van der Waals surface area contributed by atoms with Crippen molar-refractivity contribution in [3.63, 3.8) is 0 Å². The summed E-state index contributed by atoms with van der Waals surface area (Å²) in [6, 6.07) is 9.65. The zero-order valence-electron chi connectivity index (χ0n) is 13.3. The monoisotopic (exact) mass is 309 g/mol. The lowest BCUT2D eigenvalue weighted by Gasteiger charge is -2.17. The molecule has 2 heterocycles. The average Bonchev–Trinajstić information content (AvgIpc) is 2.92. The second-order valence-electron chi connectivity index (χ2n) is 5.63. The molecule has 0 aliphatic carbocycles. The molecule has 0 radical (unpaired) electrons. The van der Waals surface area contributed by atoms with Gasteiger partial charge in [-0.3, -0.25) is 9.78 Å². The van der Waals surface area contributed by atoms with Gasteiger partial charge in [-0.05, 0) is 41.8 Å². The van der Waals surface area contributed by atoms with E-state index in [1.54, 1.807) is 17.3 Å². The fourth-order valence-electron chi connectivity index (χ4n) is 2.48. The SMILES string of the molecule is Cc1nc2cc(CC(=O)N(C)CCc3ccncc3)ccc2o1. The lowest BCUT2D eigenvalue weighted by Crippen LogP contribution is -2.30. The van der Waals surface area contributed by atoms with Crippen LogP contribution in [0, 0.1) is 6.92 Å². The molecule has 2 aromatic heterocycles. The first-order chi connectivity index (χ1) is 11.1. The maximum Gasteiger partial charge on any atom is 0.226 e. The third-order valence-corrected chi connectivity index (χ3v) is 3.83. The van der Waals surface area contributed by atoms with Crippen LogP contribution < -0.4 is 0 Å². The highest BCUT2D eigenvalue weighted by Gasteiger charge is 2.11. The molecule has 0 saturated heterocycles. The molecule has 3 rings (SSSR count). The number of aromatic nitrogens is 2. The van der Waals surface area contributed by atoms with Crippen molar-refractivity contribution >= 4 is 17.0 Å². The van der Waals surface area contributed by atoms with Crippen molar-refractivity contribution in [3.05, 3.63) is 59.7 Å². The fourth-order valence-corrected chi connectivity index (χ4v) is 2.48. The molecule has 0 atom stereocenters. The smallest absolute Gasteiger partial charge is 0.226 e. The summed E-state index contributed by atoms with van der Waals surface area (Å²) in [5.41, 5.74) is 3.68. The Labute approximate surface area is 135 Å². The Morgan fingerprint density at radius 1 is 1.17 bits per heavy atom. The number of hydrogen-bond acceptors (Lipinski definition) is 4. The van der Waals surface area contributed by atoms with Crippen LogP contribution in [0.25, 0.3) is 11.1 Å². The van der Waals surface area contributed by atoms with Gasteiger partial charge in [0.1, 0.15) is 5.52 Å². The number of aryl methyl sites for hydroxylation is 1. The second-order valence-corrected chi connectivity index (χ2v) is 5.63. The van der Waals surface area contributed by atoms with Crippen molar-refractivity contribution in [2.45, 2.75) is 19.8 Å². The highest BCUT2D eigenvalue weighted by Crippen LogP contribution is 2.17. The van der Waals surface area contributed by atoms with Crippen molar-refractivity contribution in [2.24, 2.45) is 0 Å². The minimum absolute atomic E-state index is 0.0959. The number of nitrogens with zero attached hydrogens (tertiary/aromatic N) is 3. The molecule has 3 aromatic rings. The van der Waals surface area contributed by atoms with Gasteiger partial charge >= 0.3 is 0 Å². The zero-order chi connectivity index (χ0) is 16.2. The van der Waals surface area contributed by atoms with Gasteiger partial charge in [-0.2, -0.15) is 0 Å². The molecule has 1 aromatic carbocycles. The number of fused-ring (bicyclic) bond motifs is 1. The summed E-state index contributed by atoms with van der Waals surface area (Å²) < 4.78 is 5.45. The lowest BCUT2D eigenvalue weighted by atomic mass is 10.1. The molecular weight excluding hydrogens is 290 g/mol. The summed E-state index contributed by atoms with van der Waals surface area (Å²) >= 11 is 0. The number of carbonyl (C=O) groups excluding carboxylic acids is 1. The van der Waals surface area contributed by atoms with Crippen LogP contribution >= 0.6 is 0 Å². The number of benzene rings is 1. The molecule has 118 valence electrons. The number of pyridine rings is 1. The van der Waals surface area contributed by atoms with E-state index in [2.05, 4.69) is 9.97 Å². The van der Waals surface area contributed by atoms with E-state index in [0.717, 1.165) is 23.1 Å². The van der Waals surface area contributed by atoms with Gasteiger partial charge in [-0.1, -0.05) is 6.07 Å². The van der Waals surface area contributed by atoms with Crippen molar-refractivity contribution in [3.8, 4) is 0 Å². The Morgan fingerprint density at radius 2 is 1.96 bits per heavy atom. The van der Waals surface area contributed by atoms with Crippen molar-refractivity contribution in [2.75, 3.05) is 13.6 Å². The number of likely N-dealkylation sites (N-methyl/N-ethyl adjacent to an activating group) is 1. The van der Waals surface area contributed by atoms with E-state index in [0.29, 0.717) is 18.9 Å². The highest BCUT2D eigenvalue weighted by molar-refractivity contribution is 5.81. The van der Waals surface area contributed by atoms with Crippen molar-refractivity contribution < 1.29 is 9.21 Å². The maximum absolute atomic E-state index is 12.3. The standard InChI is InChI=1S/C18H19N3O2/c1-13-20-16-11-15(3-4-17(16)23-13)12-18(22)21(2)10-7-14-5-8-19-9-6-14/h3-6,8-9,11H,7,10,12H2,1-2H3. The van der Waals surface area contributed by atoms with Gasteiger partial charge in [0.25, 0.3) is 0 Å². The van der Waals surface area contributed by atoms with Crippen LogP contribution in [0.2, 0.25) is 0 Å². The summed E-state index contributed by atoms with van der Waals surface area (Å²) in [4.78, 5) is 22.4. The number of oxazole rings is 1. The molecule has 0 spiro atoms. The average molecular weight is 309 g/mol. The van der Waals surface area contributed by atoms with Crippen molar-refractivity contribution in [1.29, 1.82) is 0 Å². The maximum atomic E-state index is 12.3. The molecular formula is C18H19N3O2. The summed E-state index contributed by atoms with van der Waals surface area (Å²) in [6.07, 6.45) is 4.74. The summed E-state index contributed by atoms with van der Waals surface area (Å²) in [5.74, 6) is 0.733. The largest absolute Gasteiger partial charge is 0.441 e. The van der Waals surface area contributed by atoms with Crippen LogP contribution in [-0.2, 0) is 17.6 Å². The molecule has 23 heavy (non-hydrogen) atoms. The number of hydrogen-bond donors (Lipinski definition) is 0. The molecule has 5 nitrogen and oxygen atoms in total. The van der Waals surface area contributed by atoms with Crippen LogP contribution in [0.5, 0.6) is 0 Å². The topological polar surface area (TPSA) is 59.2 Å². The van der Waals surface area contributed by atoms with E-state index in [1.807, 2.05) is 44.3 Å². The Bertz CT molecular complexity index is 812. The molecule has 1 amide bonds. The molecule has 0 bridgehead atoms. The van der Waals surface area contributed by atoms with E-state index in [-0.39, 0.29) is 5.91 Å². The minimum atomic E-state index is 0.0959.